The van der Waals surface area contributed by atoms with Gasteiger partial charge in [0.1, 0.15) is 0 Å². The van der Waals surface area contributed by atoms with Crippen LogP contribution in [0.3, 0.4) is 0 Å². The van der Waals surface area contributed by atoms with Crippen LogP contribution >= 0.6 is 0 Å². The number of likely N-dealkylation sites (N-methyl/N-ethyl adjacent to an activating group) is 1. The molecule has 0 saturated heterocycles. The highest BCUT2D eigenvalue weighted by atomic mass is 15.2. The van der Waals surface area contributed by atoms with Crippen molar-refractivity contribution in [2.75, 3.05) is 27.2 Å². The number of hydrogen-bond donors (Lipinski definition) is 1. The summed E-state index contributed by atoms with van der Waals surface area (Å²) >= 11 is 0. The molecule has 84 valence electrons. The van der Waals surface area contributed by atoms with Crippen LogP contribution in [-0.2, 0) is 0 Å². The Labute approximate surface area is 89.1 Å². The van der Waals surface area contributed by atoms with E-state index in [9.17, 15) is 0 Å². The molecule has 0 amide bonds. The molecule has 14 heavy (non-hydrogen) atoms. The molecule has 1 saturated carbocycles. The highest BCUT2D eigenvalue weighted by molar-refractivity contribution is 4.97. The van der Waals surface area contributed by atoms with E-state index in [1.807, 2.05) is 0 Å². The van der Waals surface area contributed by atoms with Crippen molar-refractivity contribution in [1.29, 1.82) is 0 Å². The molecule has 0 spiro atoms. The summed E-state index contributed by atoms with van der Waals surface area (Å²) in [5.41, 5.74) is 0.864. The molecule has 0 aromatic carbocycles. The maximum absolute atomic E-state index is 3.61. The van der Waals surface area contributed by atoms with Gasteiger partial charge >= 0.3 is 0 Å². The Hall–Kier alpha value is -0.0800. The summed E-state index contributed by atoms with van der Waals surface area (Å²) in [5.74, 6) is 0. The summed E-state index contributed by atoms with van der Waals surface area (Å²) in [6.45, 7) is 9.11. The van der Waals surface area contributed by atoms with Crippen molar-refractivity contribution in [3.8, 4) is 0 Å². The van der Waals surface area contributed by atoms with Crippen molar-refractivity contribution >= 4 is 0 Å². The van der Waals surface area contributed by atoms with E-state index in [1.165, 1.54) is 19.3 Å². The Morgan fingerprint density at radius 3 is 2.07 bits per heavy atom. The first-order valence-corrected chi connectivity index (χ1v) is 5.74. The van der Waals surface area contributed by atoms with Crippen molar-refractivity contribution in [1.82, 2.24) is 10.2 Å². The smallest absolute Gasteiger partial charge is 0.0327 e. The lowest BCUT2D eigenvalue weighted by atomic mass is 9.75. The Bertz CT molecular complexity index is 175. The first-order chi connectivity index (χ1) is 6.36. The number of rotatable bonds is 4. The van der Waals surface area contributed by atoms with E-state index in [0.29, 0.717) is 11.0 Å². The molecule has 1 N–H and O–H groups in total. The highest BCUT2D eigenvalue weighted by Crippen LogP contribution is 2.35. The zero-order valence-electron chi connectivity index (χ0n) is 10.5. The monoisotopic (exact) mass is 198 g/mol. The fourth-order valence-electron chi connectivity index (χ4n) is 2.04. The average molecular weight is 198 g/mol. The van der Waals surface area contributed by atoms with Crippen molar-refractivity contribution < 1.29 is 0 Å². The molecule has 0 atom stereocenters. The van der Waals surface area contributed by atoms with Crippen LogP contribution < -0.4 is 5.32 Å². The van der Waals surface area contributed by atoms with Crippen molar-refractivity contribution in [3.05, 3.63) is 0 Å². The predicted octanol–water partition coefficient (Wildman–Crippen LogP) is 2.11. The van der Waals surface area contributed by atoms with Crippen LogP contribution in [0.25, 0.3) is 0 Å². The lowest BCUT2D eigenvalue weighted by molar-refractivity contribution is 0.0580. The van der Waals surface area contributed by atoms with E-state index >= 15 is 0 Å². The van der Waals surface area contributed by atoms with Gasteiger partial charge in [0.2, 0.25) is 0 Å². The number of nitrogens with zero attached hydrogens (tertiary/aromatic N) is 1. The summed E-state index contributed by atoms with van der Waals surface area (Å²) in [6, 6.07) is 0. The minimum Gasteiger partial charge on any atom is -0.314 e. The van der Waals surface area contributed by atoms with Gasteiger partial charge in [-0.15, -0.1) is 0 Å². The molecule has 2 nitrogen and oxygen atoms in total. The third-order valence-electron chi connectivity index (χ3n) is 3.34. The molecule has 1 rings (SSSR count). The van der Waals surface area contributed by atoms with Crippen molar-refractivity contribution in [2.45, 2.75) is 45.6 Å². The maximum atomic E-state index is 3.61. The van der Waals surface area contributed by atoms with Crippen LogP contribution in [0.5, 0.6) is 0 Å². The predicted molar refractivity (Wildman–Crippen MR) is 62.6 cm³/mol. The molecule has 0 aliphatic heterocycles. The number of hydrogen-bond acceptors (Lipinski definition) is 2. The van der Waals surface area contributed by atoms with E-state index in [0.717, 1.165) is 13.1 Å². The normalized spacial score (nSPS) is 21.0. The minimum absolute atomic E-state index is 0.400. The van der Waals surface area contributed by atoms with Crippen LogP contribution in [-0.4, -0.2) is 37.6 Å². The molecular formula is C12H26N2. The van der Waals surface area contributed by atoms with Crippen molar-refractivity contribution in [2.24, 2.45) is 5.41 Å². The third-order valence-corrected chi connectivity index (χ3v) is 3.34. The van der Waals surface area contributed by atoms with E-state index in [-0.39, 0.29) is 0 Å². The zero-order chi connectivity index (χ0) is 10.8. The standard InChI is InChI=1S/C12H26N2/c1-11(2,3)9-13-10-12(14(4)5)7-6-8-12/h13H,6-10H2,1-5H3. The van der Waals surface area contributed by atoms with E-state index in [2.05, 4.69) is 45.1 Å². The number of nitrogens with one attached hydrogen (secondary N) is 1. The van der Waals surface area contributed by atoms with E-state index in [4.69, 9.17) is 0 Å². The minimum atomic E-state index is 0.400. The van der Waals surface area contributed by atoms with E-state index in [1.54, 1.807) is 0 Å². The fourth-order valence-corrected chi connectivity index (χ4v) is 2.04. The SMILES string of the molecule is CN(C)C1(CNCC(C)(C)C)CCC1. The lowest BCUT2D eigenvalue weighted by Crippen LogP contribution is -2.57. The molecule has 0 heterocycles. The quantitative estimate of drug-likeness (QED) is 0.744. The second-order valence-corrected chi connectivity index (χ2v) is 6.14. The second-order valence-electron chi connectivity index (χ2n) is 6.14. The van der Waals surface area contributed by atoms with Gasteiger partial charge in [0, 0.05) is 18.6 Å². The van der Waals surface area contributed by atoms with Gasteiger partial charge < -0.3 is 10.2 Å². The molecule has 1 aliphatic rings. The topological polar surface area (TPSA) is 15.3 Å². The van der Waals surface area contributed by atoms with Gasteiger partial charge in [-0.1, -0.05) is 20.8 Å². The molecule has 0 aromatic rings. The van der Waals surface area contributed by atoms with Gasteiger partial charge in [0.25, 0.3) is 0 Å². The van der Waals surface area contributed by atoms with Crippen molar-refractivity contribution in [3.63, 3.8) is 0 Å². The molecule has 0 unspecified atom stereocenters. The van der Waals surface area contributed by atoms with Gasteiger partial charge in [-0.25, -0.2) is 0 Å². The van der Waals surface area contributed by atoms with Crippen LogP contribution in [0.15, 0.2) is 0 Å². The summed E-state index contributed by atoms with van der Waals surface area (Å²) < 4.78 is 0. The van der Waals surface area contributed by atoms with Gasteiger partial charge in [-0.05, 0) is 38.8 Å². The summed E-state index contributed by atoms with van der Waals surface area (Å²) in [4.78, 5) is 2.40. The lowest BCUT2D eigenvalue weighted by Gasteiger charge is -2.48. The Morgan fingerprint density at radius 2 is 1.79 bits per heavy atom. The van der Waals surface area contributed by atoms with Gasteiger partial charge in [-0.2, -0.15) is 0 Å². The Morgan fingerprint density at radius 1 is 1.21 bits per heavy atom. The Kier molecular flexibility index (Phi) is 3.59. The maximum Gasteiger partial charge on any atom is 0.0327 e. The van der Waals surface area contributed by atoms with Gasteiger partial charge in [0.15, 0.2) is 0 Å². The second kappa shape index (κ2) is 4.19. The van der Waals surface area contributed by atoms with Gasteiger partial charge in [0.05, 0.1) is 0 Å². The zero-order valence-corrected chi connectivity index (χ0v) is 10.5. The van der Waals surface area contributed by atoms with Crippen LogP contribution in [0.1, 0.15) is 40.0 Å². The molecule has 1 fully saturated rings. The molecule has 0 aromatic heterocycles. The van der Waals surface area contributed by atoms with Crippen LogP contribution in [0.4, 0.5) is 0 Å². The molecular weight excluding hydrogens is 172 g/mol. The molecule has 1 aliphatic carbocycles. The van der Waals surface area contributed by atoms with E-state index < -0.39 is 0 Å². The van der Waals surface area contributed by atoms with Gasteiger partial charge in [-0.3, -0.25) is 0 Å². The first kappa shape index (κ1) is 12.0. The summed E-state index contributed by atoms with van der Waals surface area (Å²) in [6.07, 6.45) is 4.11. The van der Waals surface area contributed by atoms with Crippen LogP contribution in [0, 0.1) is 5.41 Å². The molecule has 0 bridgehead atoms. The largest absolute Gasteiger partial charge is 0.314 e. The summed E-state index contributed by atoms with van der Waals surface area (Å²) in [7, 11) is 4.41. The molecule has 0 radical (unpaired) electrons. The third kappa shape index (κ3) is 2.96. The fraction of sp³-hybridized carbons (Fsp3) is 1.00. The average Bonchev–Trinajstić information content (AvgIpc) is 1.91. The van der Waals surface area contributed by atoms with Crippen LogP contribution in [0.2, 0.25) is 0 Å². The Balaban J connectivity index is 2.29. The molecule has 2 heteroatoms. The summed E-state index contributed by atoms with van der Waals surface area (Å²) in [5, 5.41) is 3.61. The highest BCUT2D eigenvalue weighted by Gasteiger charge is 2.38. The first-order valence-electron chi connectivity index (χ1n) is 5.74.